The Balaban J connectivity index is 1.72. The molecule has 146 valence electrons. The Hall–Kier alpha value is -3.72. The molecule has 0 saturated heterocycles. The smallest absolute Gasteiger partial charge is 0.342 e. The molecule has 1 atom stereocenters. The highest BCUT2D eigenvalue weighted by molar-refractivity contribution is 7.96. The van der Waals surface area contributed by atoms with Crippen molar-refractivity contribution in [3.63, 3.8) is 0 Å². The molecule has 1 heterocycles. The number of sulfonamides is 1. The normalized spacial score (nSPS) is 17.8. The lowest BCUT2D eigenvalue weighted by Gasteiger charge is -2.16. The van der Waals surface area contributed by atoms with E-state index >= 15 is 0 Å². The predicted octanol–water partition coefficient (Wildman–Crippen LogP) is 2.78. The van der Waals surface area contributed by atoms with Crippen LogP contribution in [-0.2, 0) is 10.0 Å². The Kier molecular flexibility index (Phi) is 4.51. The maximum Gasteiger partial charge on any atom is 0.342 e. The summed E-state index contributed by atoms with van der Waals surface area (Å²) in [5, 5.41) is 12.0. The first-order valence-corrected chi connectivity index (χ1v) is 10.1. The second-order valence-corrected chi connectivity index (χ2v) is 8.09. The Morgan fingerprint density at radius 2 is 1.86 bits per heavy atom. The summed E-state index contributed by atoms with van der Waals surface area (Å²) in [4.78, 5) is 26.6. The van der Waals surface area contributed by atoms with Gasteiger partial charge in [0.1, 0.15) is 0 Å². The second-order valence-electron chi connectivity index (χ2n) is 6.41. The van der Waals surface area contributed by atoms with Gasteiger partial charge in [-0.05, 0) is 35.4 Å². The van der Waals surface area contributed by atoms with E-state index in [1.807, 2.05) is 30.3 Å². The Morgan fingerprint density at radius 1 is 1.10 bits per heavy atom. The summed E-state index contributed by atoms with van der Waals surface area (Å²) >= 11 is 0. The molecule has 0 aromatic heterocycles. The zero-order valence-electron chi connectivity index (χ0n) is 14.9. The third kappa shape index (κ3) is 3.67. The fraction of sp³-hybridized carbons (Fsp3) is 0.0500. The predicted molar refractivity (Wildman–Crippen MR) is 108 cm³/mol. The van der Waals surface area contributed by atoms with Crippen LogP contribution in [0, 0.1) is 0 Å². The number of carboxylic acid groups (broad SMARTS) is 1. The van der Waals surface area contributed by atoms with Crippen LogP contribution in [-0.4, -0.2) is 37.3 Å². The lowest BCUT2D eigenvalue weighted by molar-refractivity contribution is 0.0698. The molecule has 29 heavy (non-hydrogen) atoms. The molecule has 1 aliphatic carbocycles. The molecule has 3 N–H and O–H groups in total. The lowest BCUT2D eigenvalue weighted by atomic mass is 10.0. The number of urea groups is 1. The van der Waals surface area contributed by atoms with Crippen molar-refractivity contribution in [2.45, 2.75) is 6.04 Å². The monoisotopic (exact) mass is 409 g/mol. The van der Waals surface area contributed by atoms with Crippen LogP contribution >= 0.6 is 0 Å². The third-order valence-electron chi connectivity index (χ3n) is 4.48. The lowest BCUT2D eigenvalue weighted by Crippen LogP contribution is -2.31. The van der Waals surface area contributed by atoms with Gasteiger partial charge in [0, 0.05) is 0 Å². The highest BCUT2D eigenvalue weighted by atomic mass is 32.2. The van der Waals surface area contributed by atoms with Crippen molar-refractivity contribution in [3.8, 4) is 11.1 Å². The van der Waals surface area contributed by atoms with Crippen molar-refractivity contribution >= 4 is 33.4 Å². The van der Waals surface area contributed by atoms with E-state index in [1.54, 1.807) is 6.07 Å². The van der Waals surface area contributed by atoms with Gasteiger partial charge in [-0.1, -0.05) is 42.5 Å². The van der Waals surface area contributed by atoms with Gasteiger partial charge in [0.2, 0.25) is 0 Å². The summed E-state index contributed by atoms with van der Waals surface area (Å²) < 4.78 is 28.1. The van der Waals surface area contributed by atoms with Gasteiger partial charge < -0.3 is 10.4 Å². The maximum atomic E-state index is 12.9. The number of fused-ring (bicyclic) bond motifs is 1. The van der Waals surface area contributed by atoms with Gasteiger partial charge in [-0.25, -0.2) is 18.0 Å². The van der Waals surface area contributed by atoms with Gasteiger partial charge in [0.25, 0.3) is 10.0 Å². The number of amides is 2. The number of nitrogens with zero attached hydrogens (tertiary/aromatic N) is 1. The molecule has 1 aliphatic heterocycles. The molecular formula is C20H15N3O5S. The van der Waals surface area contributed by atoms with E-state index in [0.717, 1.165) is 5.56 Å². The van der Waals surface area contributed by atoms with E-state index in [0.29, 0.717) is 5.56 Å². The van der Waals surface area contributed by atoms with E-state index < -0.39 is 28.1 Å². The first kappa shape index (κ1) is 18.6. The third-order valence-corrected chi connectivity index (χ3v) is 5.85. The van der Waals surface area contributed by atoms with Gasteiger partial charge in [-0.3, -0.25) is 4.72 Å². The minimum Gasteiger partial charge on any atom is -0.478 e. The number of rotatable bonds is 5. The molecule has 2 aliphatic rings. The van der Waals surface area contributed by atoms with Crippen LogP contribution in [0.1, 0.15) is 10.4 Å². The number of aromatic carboxylic acids is 1. The quantitative estimate of drug-likeness (QED) is 0.700. The summed E-state index contributed by atoms with van der Waals surface area (Å²) in [5.74, 6) is -1.26. The number of carbonyl (C=O) groups is 2. The van der Waals surface area contributed by atoms with Gasteiger partial charge in [-0.15, -0.1) is 0 Å². The molecule has 0 saturated carbocycles. The van der Waals surface area contributed by atoms with Crippen molar-refractivity contribution in [1.82, 2.24) is 5.32 Å². The van der Waals surface area contributed by atoms with Crippen molar-refractivity contribution < 1.29 is 23.1 Å². The number of nitrogens with one attached hydrogen (secondary N) is 2. The number of allylic oxidation sites excluding steroid dienone is 1. The van der Waals surface area contributed by atoms with Crippen LogP contribution in [0.4, 0.5) is 10.5 Å². The first-order valence-electron chi connectivity index (χ1n) is 8.58. The molecule has 0 spiro atoms. The maximum absolute atomic E-state index is 12.9. The second kappa shape index (κ2) is 7.02. The van der Waals surface area contributed by atoms with E-state index in [2.05, 4.69) is 15.0 Å². The van der Waals surface area contributed by atoms with Crippen molar-refractivity contribution in [1.29, 1.82) is 0 Å². The van der Waals surface area contributed by atoms with Crippen LogP contribution in [0.2, 0.25) is 0 Å². The summed E-state index contributed by atoms with van der Waals surface area (Å²) in [7, 11) is -4.11. The van der Waals surface area contributed by atoms with E-state index in [1.165, 1.54) is 30.4 Å². The van der Waals surface area contributed by atoms with Crippen LogP contribution < -0.4 is 10.0 Å². The molecule has 9 heteroatoms. The molecule has 1 unspecified atom stereocenters. The Morgan fingerprint density at radius 3 is 2.59 bits per heavy atom. The van der Waals surface area contributed by atoms with Crippen LogP contribution in [0.5, 0.6) is 0 Å². The van der Waals surface area contributed by atoms with Crippen LogP contribution in [0.25, 0.3) is 11.1 Å². The SMILES string of the molecule is O=C1N=C2C=C(S(=O)(=O)Nc3cc(-c4ccccc4)ccc3C(=O)O)C=CC2N1. The summed E-state index contributed by atoms with van der Waals surface area (Å²) in [6, 6.07) is 12.6. The first-order chi connectivity index (χ1) is 13.8. The van der Waals surface area contributed by atoms with Crippen molar-refractivity contribution in [3.05, 3.63) is 77.2 Å². The van der Waals surface area contributed by atoms with Gasteiger partial charge in [0.15, 0.2) is 0 Å². The van der Waals surface area contributed by atoms with E-state index in [-0.39, 0.29) is 21.9 Å². The average molecular weight is 409 g/mol. The van der Waals surface area contributed by atoms with E-state index in [4.69, 9.17) is 0 Å². The van der Waals surface area contributed by atoms with Gasteiger partial charge >= 0.3 is 12.0 Å². The fourth-order valence-electron chi connectivity index (χ4n) is 3.08. The number of aliphatic imine (C=N–C) groups is 1. The molecule has 0 bridgehead atoms. The van der Waals surface area contributed by atoms with Gasteiger partial charge in [-0.2, -0.15) is 4.99 Å². The minimum absolute atomic E-state index is 0.0576. The minimum atomic E-state index is -4.11. The molecule has 4 rings (SSSR count). The molecule has 2 amide bonds. The summed E-state index contributed by atoms with van der Waals surface area (Å²) in [6.07, 6.45) is 4.14. The Labute approximate surface area is 166 Å². The van der Waals surface area contributed by atoms with Crippen molar-refractivity contribution in [2.75, 3.05) is 4.72 Å². The zero-order chi connectivity index (χ0) is 20.6. The number of benzene rings is 2. The van der Waals surface area contributed by atoms with Crippen LogP contribution in [0.15, 0.2) is 76.7 Å². The number of carbonyl (C=O) groups excluding carboxylic acids is 1. The molecule has 2 aromatic carbocycles. The number of hydrogen-bond donors (Lipinski definition) is 3. The highest BCUT2D eigenvalue weighted by Crippen LogP contribution is 2.28. The number of hydrogen-bond acceptors (Lipinski definition) is 4. The molecule has 0 fully saturated rings. The van der Waals surface area contributed by atoms with Crippen LogP contribution in [0.3, 0.4) is 0 Å². The largest absolute Gasteiger partial charge is 0.478 e. The molecule has 8 nitrogen and oxygen atoms in total. The zero-order valence-corrected chi connectivity index (χ0v) is 15.7. The molecule has 0 radical (unpaired) electrons. The summed E-state index contributed by atoms with van der Waals surface area (Å²) in [5.41, 5.74) is 1.53. The standard InChI is InChI=1S/C20H15N3O5S/c24-19(25)15-8-6-13(12-4-2-1-3-5-12)10-17(15)23-29(27,28)14-7-9-16-18(11-14)22-20(26)21-16/h1-11,16,23H,(H,21,26)(H,24,25). The molecular weight excluding hydrogens is 394 g/mol. The average Bonchev–Trinajstić information content (AvgIpc) is 3.07. The topological polar surface area (TPSA) is 125 Å². The number of carboxylic acids is 1. The van der Waals surface area contributed by atoms with Crippen molar-refractivity contribution in [2.24, 2.45) is 4.99 Å². The summed E-state index contributed by atoms with van der Waals surface area (Å²) in [6.45, 7) is 0. The molecule has 2 aromatic rings. The van der Waals surface area contributed by atoms with E-state index in [9.17, 15) is 23.1 Å². The Bertz CT molecular complexity index is 1210. The fourth-order valence-corrected chi connectivity index (χ4v) is 4.19. The van der Waals surface area contributed by atoms with Gasteiger partial charge in [0.05, 0.1) is 27.9 Å². The highest BCUT2D eigenvalue weighted by Gasteiger charge is 2.29. The number of anilines is 1.